The maximum absolute atomic E-state index is 13.1. The Labute approximate surface area is 166 Å². The molecular weight excluding hydrogens is 372 g/mol. The summed E-state index contributed by atoms with van der Waals surface area (Å²) in [6.45, 7) is 3.87. The summed E-state index contributed by atoms with van der Waals surface area (Å²) < 4.78 is 6.70. The van der Waals surface area contributed by atoms with E-state index in [1.54, 1.807) is 29.7 Å². The van der Waals surface area contributed by atoms with Gasteiger partial charge in [-0.05, 0) is 42.7 Å². The third-order valence-electron chi connectivity index (χ3n) is 6.06. The number of phenols is 1. The van der Waals surface area contributed by atoms with Crippen LogP contribution in [0.4, 0.5) is 0 Å². The summed E-state index contributed by atoms with van der Waals surface area (Å²) in [6, 6.07) is 7.01. The smallest absolute Gasteiger partial charge is 0.343 e. The minimum absolute atomic E-state index is 0.110. The molecule has 2 aliphatic heterocycles. The van der Waals surface area contributed by atoms with Crippen molar-refractivity contribution in [3.8, 4) is 17.1 Å². The molecule has 0 aliphatic carbocycles. The topological polar surface area (TPSA) is 102 Å². The fourth-order valence-corrected chi connectivity index (χ4v) is 4.42. The van der Waals surface area contributed by atoms with Crippen LogP contribution in [-0.2, 0) is 34.7 Å². The molecule has 5 rings (SSSR count). The fourth-order valence-electron chi connectivity index (χ4n) is 4.42. The molecule has 1 aromatic carbocycles. The lowest BCUT2D eigenvalue weighted by atomic mass is 9.86. The molecule has 0 saturated heterocycles. The third-order valence-corrected chi connectivity index (χ3v) is 6.06. The largest absolute Gasteiger partial charge is 0.508 e. The summed E-state index contributed by atoms with van der Waals surface area (Å²) in [4.78, 5) is 30.2. The zero-order chi connectivity index (χ0) is 20.5. The number of nitrogens with zero attached hydrogens (tertiary/aromatic N) is 2. The number of cyclic esters (lactones) is 1. The van der Waals surface area contributed by atoms with Gasteiger partial charge >= 0.3 is 5.97 Å². The molecule has 0 spiro atoms. The molecule has 0 amide bonds. The van der Waals surface area contributed by atoms with Gasteiger partial charge in [0.2, 0.25) is 0 Å². The molecule has 7 nitrogen and oxygen atoms in total. The van der Waals surface area contributed by atoms with Crippen molar-refractivity contribution >= 4 is 16.9 Å². The van der Waals surface area contributed by atoms with E-state index in [4.69, 9.17) is 9.72 Å². The molecule has 0 fully saturated rings. The Hall–Kier alpha value is -3.19. The molecule has 29 heavy (non-hydrogen) atoms. The summed E-state index contributed by atoms with van der Waals surface area (Å²) in [6.07, 6.45) is 0.814. The minimum atomic E-state index is -1.83. The summed E-state index contributed by atoms with van der Waals surface area (Å²) in [5.74, 6) is -0.548. The predicted octanol–water partition coefficient (Wildman–Crippen LogP) is 2.35. The van der Waals surface area contributed by atoms with Crippen LogP contribution < -0.4 is 5.56 Å². The molecule has 0 bridgehead atoms. The zero-order valence-electron chi connectivity index (χ0n) is 16.2. The van der Waals surface area contributed by atoms with E-state index in [1.807, 2.05) is 13.0 Å². The highest BCUT2D eigenvalue weighted by atomic mass is 16.6. The highest BCUT2D eigenvalue weighted by Crippen LogP contribution is 2.39. The van der Waals surface area contributed by atoms with E-state index in [9.17, 15) is 19.8 Å². The number of fused-ring (bicyclic) bond motifs is 5. The van der Waals surface area contributed by atoms with Crippen LogP contribution in [0.25, 0.3) is 22.3 Å². The van der Waals surface area contributed by atoms with Crippen LogP contribution in [-0.4, -0.2) is 25.7 Å². The van der Waals surface area contributed by atoms with Crippen molar-refractivity contribution in [1.29, 1.82) is 0 Å². The van der Waals surface area contributed by atoms with Crippen LogP contribution >= 0.6 is 0 Å². The first-order chi connectivity index (χ1) is 13.9. The standard InChI is InChI=1S/C22H20N2O5/c1-3-11-6-14(25)7-12-5-13-9-24-17(19(13)23-18(11)12)8-16-15(20(24)26)10-29-21(27)22(16,28)4-2/h5-8,25,28H,3-4,9-10H2,1-2H3/t22-/m0/s1. The van der Waals surface area contributed by atoms with Crippen molar-refractivity contribution in [2.24, 2.45) is 0 Å². The van der Waals surface area contributed by atoms with E-state index in [-0.39, 0.29) is 24.3 Å². The summed E-state index contributed by atoms with van der Waals surface area (Å²) >= 11 is 0. The van der Waals surface area contributed by atoms with Gasteiger partial charge in [-0.25, -0.2) is 9.78 Å². The van der Waals surface area contributed by atoms with E-state index >= 15 is 0 Å². The van der Waals surface area contributed by atoms with Gasteiger partial charge in [0.25, 0.3) is 5.56 Å². The quantitative estimate of drug-likeness (QED) is 0.508. The zero-order valence-corrected chi connectivity index (χ0v) is 16.2. The number of ether oxygens (including phenoxy) is 1. The number of pyridine rings is 2. The van der Waals surface area contributed by atoms with E-state index in [2.05, 4.69) is 0 Å². The highest BCUT2D eigenvalue weighted by molar-refractivity contribution is 5.88. The van der Waals surface area contributed by atoms with Gasteiger partial charge in [0.15, 0.2) is 5.60 Å². The van der Waals surface area contributed by atoms with Crippen molar-refractivity contribution in [2.75, 3.05) is 0 Å². The predicted molar refractivity (Wildman–Crippen MR) is 106 cm³/mol. The van der Waals surface area contributed by atoms with Crippen LogP contribution in [0.15, 0.2) is 29.1 Å². The van der Waals surface area contributed by atoms with Crippen LogP contribution in [0.1, 0.15) is 42.5 Å². The molecule has 7 heteroatoms. The number of benzene rings is 1. The molecule has 148 valence electrons. The number of phenolic OH excluding ortho intramolecular Hbond substituents is 1. The van der Waals surface area contributed by atoms with Crippen molar-refractivity contribution in [2.45, 2.75) is 45.4 Å². The number of rotatable bonds is 2. The number of carbonyl (C=O) groups is 1. The molecule has 0 unspecified atom stereocenters. The second-order valence-corrected chi connectivity index (χ2v) is 7.63. The van der Waals surface area contributed by atoms with E-state index in [1.165, 1.54) is 0 Å². The number of esters is 1. The van der Waals surface area contributed by atoms with E-state index in [0.29, 0.717) is 35.5 Å². The first-order valence-electron chi connectivity index (χ1n) is 9.70. The van der Waals surface area contributed by atoms with Gasteiger partial charge in [-0.3, -0.25) is 4.79 Å². The van der Waals surface area contributed by atoms with Crippen LogP contribution in [0.2, 0.25) is 0 Å². The number of aliphatic hydroxyl groups is 1. The number of aromatic hydroxyl groups is 1. The lowest BCUT2D eigenvalue weighted by molar-refractivity contribution is -0.172. The van der Waals surface area contributed by atoms with E-state index < -0.39 is 11.6 Å². The minimum Gasteiger partial charge on any atom is -0.508 e. The Balaban J connectivity index is 1.81. The van der Waals surface area contributed by atoms with E-state index in [0.717, 1.165) is 22.0 Å². The molecule has 2 aliphatic rings. The molecule has 0 saturated carbocycles. The Bertz CT molecular complexity index is 1280. The SMILES string of the molecule is CCc1cc(O)cc2cc3c(nc12)-c1cc2c(c(=O)n1C3)COC(=O)[C@]2(O)CC. The first-order valence-corrected chi connectivity index (χ1v) is 9.70. The molecule has 2 aromatic heterocycles. The summed E-state index contributed by atoms with van der Waals surface area (Å²) in [5, 5.41) is 21.7. The van der Waals surface area contributed by atoms with Crippen molar-refractivity contribution in [3.63, 3.8) is 0 Å². The van der Waals surface area contributed by atoms with Gasteiger partial charge in [0.05, 0.1) is 29.0 Å². The van der Waals surface area contributed by atoms with Gasteiger partial charge in [-0.1, -0.05) is 13.8 Å². The van der Waals surface area contributed by atoms with Gasteiger partial charge < -0.3 is 19.5 Å². The molecule has 3 aromatic rings. The molecule has 1 atom stereocenters. The maximum Gasteiger partial charge on any atom is 0.343 e. The number of carbonyl (C=O) groups excluding carboxylic acids is 1. The van der Waals surface area contributed by atoms with Crippen molar-refractivity contribution in [3.05, 3.63) is 56.9 Å². The molecule has 2 N–H and O–H groups in total. The third kappa shape index (κ3) is 2.31. The van der Waals surface area contributed by atoms with Crippen LogP contribution in [0.5, 0.6) is 5.75 Å². The average molecular weight is 392 g/mol. The normalized spacial score (nSPS) is 19.6. The first kappa shape index (κ1) is 17.9. The Morgan fingerprint density at radius 1 is 1.21 bits per heavy atom. The van der Waals surface area contributed by atoms with Gasteiger partial charge in [-0.15, -0.1) is 0 Å². The van der Waals surface area contributed by atoms with Crippen LogP contribution in [0, 0.1) is 0 Å². The van der Waals surface area contributed by atoms with Gasteiger partial charge in [0, 0.05) is 16.5 Å². The lowest BCUT2D eigenvalue weighted by Crippen LogP contribution is -2.44. The Morgan fingerprint density at radius 2 is 2.00 bits per heavy atom. The summed E-state index contributed by atoms with van der Waals surface area (Å²) in [5.41, 5.74) is 2.29. The molecule has 0 radical (unpaired) electrons. The summed E-state index contributed by atoms with van der Waals surface area (Å²) in [7, 11) is 0. The number of aryl methyl sites for hydroxylation is 1. The van der Waals surface area contributed by atoms with Crippen LogP contribution in [0.3, 0.4) is 0 Å². The second-order valence-electron chi connectivity index (χ2n) is 7.63. The number of aromatic nitrogens is 2. The lowest BCUT2D eigenvalue weighted by Gasteiger charge is -2.31. The number of hydrogen-bond acceptors (Lipinski definition) is 6. The molecular formula is C22H20N2O5. The Morgan fingerprint density at radius 3 is 2.72 bits per heavy atom. The Kier molecular flexibility index (Phi) is 3.64. The molecule has 4 heterocycles. The number of hydrogen-bond donors (Lipinski definition) is 2. The average Bonchev–Trinajstić information content (AvgIpc) is 3.07. The second kappa shape index (κ2) is 5.90. The van der Waals surface area contributed by atoms with Crippen molar-refractivity contribution in [1.82, 2.24) is 9.55 Å². The monoisotopic (exact) mass is 392 g/mol. The fraction of sp³-hybridized carbons (Fsp3) is 0.318. The maximum atomic E-state index is 13.1. The highest BCUT2D eigenvalue weighted by Gasteiger charge is 2.45. The van der Waals surface area contributed by atoms with Gasteiger partial charge in [0.1, 0.15) is 12.4 Å². The van der Waals surface area contributed by atoms with Gasteiger partial charge in [-0.2, -0.15) is 0 Å². The van der Waals surface area contributed by atoms with Crippen molar-refractivity contribution < 1.29 is 19.7 Å².